The van der Waals surface area contributed by atoms with Crippen LogP contribution < -0.4 is 5.73 Å². The van der Waals surface area contributed by atoms with Crippen molar-refractivity contribution in [2.45, 2.75) is 99.1 Å². The molecule has 0 aromatic carbocycles. The van der Waals surface area contributed by atoms with Gasteiger partial charge in [-0.15, -0.1) is 0 Å². The Morgan fingerprint density at radius 2 is 1.62 bits per heavy atom. The van der Waals surface area contributed by atoms with Crippen LogP contribution in [0.3, 0.4) is 0 Å². The number of ether oxygens (including phenoxy) is 1. The molecular formula is C18H39NO2. The van der Waals surface area contributed by atoms with Crippen LogP contribution in [0.25, 0.3) is 0 Å². The second kappa shape index (κ2) is 14.4. The third kappa shape index (κ3) is 11.7. The lowest BCUT2D eigenvalue weighted by atomic mass is 9.85. The zero-order chi connectivity index (χ0) is 16.8. The van der Waals surface area contributed by atoms with Gasteiger partial charge >= 0.3 is 5.97 Å². The number of cyclic esters (lactones) is 1. The van der Waals surface area contributed by atoms with Gasteiger partial charge in [0.15, 0.2) is 0 Å². The van der Waals surface area contributed by atoms with Gasteiger partial charge in [-0.3, -0.25) is 4.79 Å². The fourth-order valence-electron chi connectivity index (χ4n) is 2.26. The van der Waals surface area contributed by atoms with Gasteiger partial charge in [0.05, 0.1) is 0 Å². The summed E-state index contributed by atoms with van der Waals surface area (Å²) in [6, 6.07) is 0.0174. The monoisotopic (exact) mass is 301 g/mol. The minimum atomic E-state index is -0.0898. The van der Waals surface area contributed by atoms with Crippen LogP contribution in [0, 0.1) is 11.8 Å². The van der Waals surface area contributed by atoms with E-state index in [0.717, 1.165) is 19.3 Å². The van der Waals surface area contributed by atoms with Crippen LogP contribution in [0.1, 0.15) is 87.0 Å². The molecule has 0 saturated carbocycles. The fourth-order valence-corrected chi connectivity index (χ4v) is 2.26. The predicted octanol–water partition coefficient (Wildman–Crippen LogP) is 4.92. The Kier molecular flexibility index (Phi) is 15.5. The molecule has 1 aliphatic heterocycles. The van der Waals surface area contributed by atoms with E-state index in [1.165, 1.54) is 12.8 Å². The molecule has 0 bridgehead atoms. The fraction of sp³-hybridized carbons (Fsp3) is 0.944. The third-order valence-corrected chi connectivity index (χ3v) is 3.44. The second-order valence-corrected chi connectivity index (χ2v) is 6.29. The summed E-state index contributed by atoms with van der Waals surface area (Å²) in [6.07, 6.45) is 5.91. The van der Waals surface area contributed by atoms with Crippen molar-refractivity contribution in [3.8, 4) is 0 Å². The Morgan fingerprint density at radius 1 is 1.14 bits per heavy atom. The van der Waals surface area contributed by atoms with Crippen LogP contribution in [0.2, 0.25) is 0 Å². The lowest BCUT2D eigenvalue weighted by Crippen LogP contribution is -2.37. The van der Waals surface area contributed by atoms with Crippen molar-refractivity contribution in [3.63, 3.8) is 0 Å². The van der Waals surface area contributed by atoms with E-state index in [1.807, 2.05) is 0 Å². The Labute approximate surface area is 133 Å². The number of hydrogen-bond donors (Lipinski definition) is 1. The molecule has 0 aromatic heterocycles. The summed E-state index contributed by atoms with van der Waals surface area (Å²) >= 11 is 0. The van der Waals surface area contributed by atoms with E-state index in [2.05, 4.69) is 48.5 Å². The molecule has 3 atom stereocenters. The van der Waals surface area contributed by atoms with E-state index in [9.17, 15) is 4.79 Å². The highest BCUT2D eigenvalue weighted by Gasteiger charge is 2.30. The number of rotatable bonds is 5. The van der Waals surface area contributed by atoms with Crippen molar-refractivity contribution in [1.29, 1.82) is 0 Å². The highest BCUT2D eigenvalue weighted by Crippen LogP contribution is 2.25. The first kappa shape index (κ1) is 22.7. The van der Waals surface area contributed by atoms with Crippen LogP contribution in [-0.2, 0) is 9.53 Å². The highest BCUT2D eigenvalue weighted by atomic mass is 16.5. The Balaban J connectivity index is 0. The summed E-state index contributed by atoms with van der Waals surface area (Å²) in [5.74, 6) is 1.20. The number of carbonyl (C=O) groups excluding carboxylic acids is 1. The normalized spacial score (nSPS) is 19.9. The minimum absolute atomic E-state index is 0.0174. The maximum atomic E-state index is 11.0. The molecule has 0 radical (unpaired) electrons. The van der Waals surface area contributed by atoms with Gasteiger partial charge in [-0.05, 0) is 24.7 Å². The molecule has 0 spiro atoms. The smallest absolute Gasteiger partial charge is 0.306 e. The first-order valence-electron chi connectivity index (χ1n) is 8.82. The zero-order valence-corrected chi connectivity index (χ0v) is 15.4. The first-order chi connectivity index (χ1) is 9.87. The van der Waals surface area contributed by atoms with E-state index in [1.54, 1.807) is 0 Å². The molecule has 3 heteroatoms. The molecule has 3 nitrogen and oxygen atoms in total. The number of carbonyl (C=O) groups is 1. The summed E-state index contributed by atoms with van der Waals surface area (Å²) in [5.41, 5.74) is 6.08. The lowest BCUT2D eigenvalue weighted by molar-refractivity contribution is -0.142. The minimum Gasteiger partial charge on any atom is -0.461 e. The maximum absolute atomic E-state index is 11.0. The summed E-state index contributed by atoms with van der Waals surface area (Å²) in [5, 5.41) is 0. The van der Waals surface area contributed by atoms with Crippen LogP contribution in [-0.4, -0.2) is 18.1 Å². The van der Waals surface area contributed by atoms with Gasteiger partial charge < -0.3 is 10.5 Å². The van der Waals surface area contributed by atoms with Crippen molar-refractivity contribution in [2.24, 2.45) is 17.6 Å². The van der Waals surface area contributed by atoms with Gasteiger partial charge in [-0.2, -0.15) is 0 Å². The summed E-state index contributed by atoms with van der Waals surface area (Å²) in [7, 11) is 0. The summed E-state index contributed by atoms with van der Waals surface area (Å²) in [4.78, 5) is 11.0. The molecule has 1 rings (SSSR count). The van der Waals surface area contributed by atoms with Gasteiger partial charge in [-0.1, -0.05) is 67.7 Å². The highest BCUT2D eigenvalue weighted by molar-refractivity contribution is 5.71. The largest absolute Gasteiger partial charge is 0.461 e. The number of esters is 1. The molecule has 1 fully saturated rings. The van der Waals surface area contributed by atoms with Crippen LogP contribution in [0.5, 0.6) is 0 Å². The topological polar surface area (TPSA) is 52.3 Å². The quantitative estimate of drug-likeness (QED) is 0.733. The SMILES string of the molecule is CCC.CCC.CCC(CC(N)C1CCC(=O)O1)C(C)C. The Bertz CT molecular complexity index is 239. The van der Waals surface area contributed by atoms with E-state index >= 15 is 0 Å². The molecule has 3 unspecified atom stereocenters. The average Bonchev–Trinajstić information content (AvgIpc) is 2.84. The molecule has 0 aromatic rings. The van der Waals surface area contributed by atoms with Crippen molar-refractivity contribution in [3.05, 3.63) is 0 Å². The third-order valence-electron chi connectivity index (χ3n) is 3.44. The van der Waals surface area contributed by atoms with Crippen LogP contribution in [0.15, 0.2) is 0 Å². The average molecular weight is 302 g/mol. The number of nitrogens with two attached hydrogens (primary N) is 1. The van der Waals surface area contributed by atoms with Gasteiger partial charge in [0.2, 0.25) is 0 Å². The van der Waals surface area contributed by atoms with Gasteiger partial charge in [0, 0.05) is 12.5 Å². The molecule has 0 aliphatic carbocycles. The zero-order valence-electron chi connectivity index (χ0n) is 15.4. The molecule has 1 saturated heterocycles. The molecular weight excluding hydrogens is 262 g/mol. The van der Waals surface area contributed by atoms with Gasteiger partial charge in [0.1, 0.15) is 6.10 Å². The number of hydrogen-bond acceptors (Lipinski definition) is 3. The van der Waals surface area contributed by atoms with E-state index in [0.29, 0.717) is 18.3 Å². The molecule has 21 heavy (non-hydrogen) atoms. The van der Waals surface area contributed by atoms with E-state index in [-0.39, 0.29) is 18.1 Å². The first-order valence-corrected chi connectivity index (χ1v) is 8.82. The van der Waals surface area contributed by atoms with Gasteiger partial charge in [-0.25, -0.2) is 0 Å². The standard InChI is InChI=1S/C12H23NO2.2C3H8/c1-4-9(8(2)3)7-10(13)11-5-6-12(14)15-11;2*1-3-2/h8-11H,4-7,13H2,1-3H3;2*3H2,1-2H3. The molecule has 128 valence electrons. The molecule has 1 heterocycles. The van der Waals surface area contributed by atoms with Crippen molar-refractivity contribution >= 4 is 5.97 Å². The van der Waals surface area contributed by atoms with E-state index in [4.69, 9.17) is 10.5 Å². The molecule has 1 aliphatic rings. The maximum Gasteiger partial charge on any atom is 0.306 e. The lowest BCUT2D eigenvalue weighted by Gasteiger charge is -2.25. The Morgan fingerprint density at radius 3 is 1.90 bits per heavy atom. The summed E-state index contributed by atoms with van der Waals surface area (Å²) < 4.78 is 5.18. The van der Waals surface area contributed by atoms with Crippen LogP contribution in [0.4, 0.5) is 0 Å². The van der Waals surface area contributed by atoms with Crippen molar-refractivity contribution in [2.75, 3.05) is 0 Å². The van der Waals surface area contributed by atoms with Crippen LogP contribution >= 0.6 is 0 Å². The summed E-state index contributed by atoms with van der Waals surface area (Å²) in [6.45, 7) is 15.1. The van der Waals surface area contributed by atoms with Crippen molar-refractivity contribution in [1.82, 2.24) is 0 Å². The van der Waals surface area contributed by atoms with Crippen molar-refractivity contribution < 1.29 is 9.53 Å². The molecule has 0 amide bonds. The van der Waals surface area contributed by atoms with Gasteiger partial charge in [0.25, 0.3) is 0 Å². The van der Waals surface area contributed by atoms with E-state index < -0.39 is 0 Å². The second-order valence-electron chi connectivity index (χ2n) is 6.29. The molecule has 2 N–H and O–H groups in total. The Hall–Kier alpha value is -0.570. The predicted molar refractivity (Wildman–Crippen MR) is 92.3 cm³/mol.